The molecule has 0 aromatic carbocycles. The zero-order valence-corrected chi connectivity index (χ0v) is 14.9. The number of carbonyl (C=O) groups excluding carboxylic acids is 2. The summed E-state index contributed by atoms with van der Waals surface area (Å²) in [6, 6.07) is 0. The topological polar surface area (TPSA) is 34.1 Å². The van der Waals surface area contributed by atoms with E-state index < -0.39 is 0 Å². The molecule has 0 aromatic heterocycles. The van der Waals surface area contributed by atoms with Gasteiger partial charge in [-0.1, -0.05) is 26.3 Å². The minimum absolute atomic E-state index is 0.0402. The highest BCUT2D eigenvalue weighted by Crippen LogP contribution is 2.65. The van der Waals surface area contributed by atoms with Crippen LogP contribution in [0.5, 0.6) is 0 Å². The molecular formula is C21H30O2. The lowest BCUT2D eigenvalue weighted by atomic mass is 9.45. The zero-order chi connectivity index (χ0) is 16.4. The second-order valence-corrected chi connectivity index (χ2v) is 9.12. The molecule has 0 aromatic rings. The number of fused-ring (bicyclic) bond motifs is 5. The van der Waals surface area contributed by atoms with Crippen LogP contribution >= 0.6 is 0 Å². The van der Waals surface area contributed by atoms with E-state index in [1.54, 1.807) is 0 Å². The van der Waals surface area contributed by atoms with Gasteiger partial charge in [-0.25, -0.2) is 0 Å². The molecule has 0 radical (unpaired) electrons. The second kappa shape index (κ2) is 5.04. The van der Waals surface area contributed by atoms with E-state index in [1.807, 2.05) is 6.08 Å². The molecule has 4 aliphatic rings. The molecule has 3 saturated carbocycles. The van der Waals surface area contributed by atoms with Crippen LogP contribution in [0.3, 0.4) is 0 Å². The Morgan fingerprint density at radius 2 is 1.78 bits per heavy atom. The number of Topliss-reactive ketones (excluding diaryl/α,β-unsaturated/α-hetero) is 1. The van der Waals surface area contributed by atoms with E-state index in [-0.39, 0.29) is 10.8 Å². The first-order chi connectivity index (χ1) is 10.9. The van der Waals surface area contributed by atoms with Crippen molar-refractivity contribution in [1.29, 1.82) is 0 Å². The molecule has 126 valence electrons. The maximum Gasteiger partial charge on any atom is 0.155 e. The quantitative estimate of drug-likeness (QED) is 0.701. The van der Waals surface area contributed by atoms with E-state index in [1.165, 1.54) is 18.4 Å². The summed E-state index contributed by atoms with van der Waals surface area (Å²) in [6.45, 7) is 6.96. The van der Waals surface area contributed by atoms with Crippen LogP contribution in [0.4, 0.5) is 0 Å². The van der Waals surface area contributed by atoms with Gasteiger partial charge in [-0.2, -0.15) is 0 Å². The van der Waals surface area contributed by atoms with E-state index in [2.05, 4.69) is 20.8 Å². The average molecular weight is 314 g/mol. The number of hydrogen-bond acceptors (Lipinski definition) is 2. The summed E-state index contributed by atoms with van der Waals surface area (Å²) >= 11 is 0. The molecule has 6 atom stereocenters. The molecule has 4 rings (SSSR count). The van der Waals surface area contributed by atoms with E-state index in [0.29, 0.717) is 35.2 Å². The molecule has 5 unspecified atom stereocenters. The molecule has 3 fully saturated rings. The molecule has 0 aliphatic heterocycles. The minimum atomic E-state index is -0.0402. The van der Waals surface area contributed by atoms with Crippen LogP contribution in [0.2, 0.25) is 0 Å². The molecule has 0 N–H and O–H groups in total. The van der Waals surface area contributed by atoms with E-state index >= 15 is 0 Å². The van der Waals surface area contributed by atoms with Crippen LogP contribution in [-0.2, 0) is 9.59 Å². The van der Waals surface area contributed by atoms with Gasteiger partial charge in [0.2, 0.25) is 0 Å². The highest BCUT2D eigenvalue weighted by atomic mass is 16.1. The van der Waals surface area contributed by atoms with Gasteiger partial charge in [-0.3, -0.25) is 9.59 Å². The second-order valence-electron chi connectivity index (χ2n) is 9.12. The molecular weight excluding hydrogens is 284 g/mol. The van der Waals surface area contributed by atoms with Gasteiger partial charge < -0.3 is 0 Å². The summed E-state index contributed by atoms with van der Waals surface area (Å²) in [5, 5.41) is 0. The lowest BCUT2D eigenvalue weighted by Crippen LogP contribution is -2.52. The lowest BCUT2D eigenvalue weighted by molar-refractivity contribution is -0.133. The summed E-state index contributed by atoms with van der Waals surface area (Å²) in [5.41, 5.74) is 1.64. The number of ketones is 2. The first-order valence-electron chi connectivity index (χ1n) is 9.68. The summed E-state index contributed by atoms with van der Waals surface area (Å²) in [6.07, 6.45) is 10.3. The number of carbonyl (C=O) groups is 2. The van der Waals surface area contributed by atoms with Crippen LogP contribution in [0.25, 0.3) is 0 Å². The molecule has 4 aliphatic carbocycles. The van der Waals surface area contributed by atoms with Crippen LogP contribution in [-0.4, -0.2) is 11.6 Å². The van der Waals surface area contributed by atoms with E-state index in [9.17, 15) is 9.59 Å². The minimum Gasteiger partial charge on any atom is -0.299 e. The lowest BCUT2D eigenvalue weighted by Gasteiger charge is -2.59. The normalized spacial score (nSPS) is 49.3. The monoisotopic (exact) mass is 314 g/mol. The Morgan fingerprint density at radius 3 is 2.52 bits per heavy atom. The van der Waals surface area contributed by atoms with Crippen molar-refractivity contribution in [2.75, 3.05) is 0 Å². The maximum absolute atomic E-state index is 12.5. The van der Waals surface area contributed by atoms with Gasteiger partial charge in [-0.05, 0) is 73.7 Å². The van der Waals surface area contributed by atoms with Gasteiger partial charge in [0, 0.05) is 18.3 Å². The Morgan fingerprint density at radius 1 is 1.04 bits per heavy atom. The molecule has 0 spiro atoms. The number of allylic oxidation sites excluding steroid dienone is 1. The summed E-state index contributed by atoms with van der Waals surface area (Å²) in [4.78, 5) is 24.5. The van der Waals surface area contributed by atoms with Crippen molar-refractivity contribution in [3.8, 4) is 0 Å². The van der Waals surface area contributed by atoms with Gasteiger partial charge in [-0.15, -0.1) is 0 Å². The Balaban J connectivity index is 1.75. The maximum atomic E-state index is 12.5. The van der Waals surface area contributed by atoms with Crippen LogP contribution in [0, 0.1) is 34.5 Å². The van der Waals surface area contributed by atoms with E-state index in [0.717, 1.165) is 38.5 Å². The Kier molecular flexibility index (Phi) is 3.42. The van der Waals surface area contributed by atoms with Crippen molar-refractivity contribution in [1.82, 2.24) is 0 Å². The smallest absolute Gasteiger partial charge is 0.155 e. The SMILES string of the molecule is CC[C@H]1CC2C3CCC(=O)C3(C)CCC2C2(C)CCC(=O)C=C12. The third kappa shape index (κ3) is 1.99. The van der Waals surface area contributed by atoms with Gasteiger partial charge in [0.05, 0.1) is 0 Å². The zero-order valence-electron chi connectivity index (χ0n) is 14.9. The van der Waals surface area contributed by atoms with Gasteiger partial charge in [0.25, 0.3) is 0 Å². The molecule has 0 saturated heterocycles. The fourth-order valence-corrected chi connectivity index (χ4v) is 6.94. The number of hydrogen-bond donors (Lipinski definition) is 0. The van der Waals surface area contributed by atoms with E-state index in [4.69, 9.17) is 0 Å². The largest absolute Gasteiger partial charge is 0.299 e. The third-order valence-electron chi connectivity index (χ3n) is 8.32. The first kappa shape index (κ1) is 15.6. The van der Waals surface area contributed by atoms with Crippen molar-refractivity contribution in [2.24, 2.45) is 34.5 Å². The molecule has 0 bridgehead atoms. The fraction of sp³-hybridized carbons (Fsp3) is 0.810. The van der Waals surface area contributed by atoms with Gasteiger partial charge in [0.15, 0.2) is 5.78 Å². The Hall–Kier alpha value is -0.920. The number of rotatable bonds is 1. The van der Waals surface area contributed by atoms with Gasteiger partial charge >= 0.3 is 0 Å². The molecule has 0 amide bonds. The highest BCUT2D eigenvalue weighted by molar-refractivity contribution is 5.92. The van der Waals surface area contributed by atoms with Crippen molar-refractivity contribution in [3.05, 3.63) is 11.6 Å². The fourth-order valence-electron chi connectivity index (χ4n) is 6.94. The Bertz CT molecular complexity index is 589. The van der Waals surface area contributed by atoms with Gasteiger partial charge in [0.1, 0.15) is 5.78 Å². The van der Waals surface area contributed by atoms with Crippen LogP contribution in [0.15, 0.2) is 11.6 Å². The summed E-state index contributed by atoms with van der Waals surface area (Å²) in [5.74, 6) is 3.40. The third-order valence-corrected chi connectivity index (χ3v) is 8.32. The van der Waals surface area contributed by atoms with Crippen molar-refractivity contribution < 1.29 is 9.59 Å². The standard InChI is InChI=1S/C21H30O2/c1-4-13-11-15-16-5-6-19(23)21(16,3)10-8-17(15)20(2)9-7-14(22)12-18(13)20/h12-13,15-17H,4-11H2,1-3H3/t13-,15?,16?,17?,20?,21?/m0/s1. The molecule has 23 heavy (non-hydrogen) atoms. The average Bonchev–Trinajstić information content (AvgIpc) is 2.83. The Labute approximate surface area is 140 Å². The van der Waals surface area contributed by atoms with Crippen molar-refractivity contribution in [2.45, 2.75) is 72.1 Å². The molecule has 2 heteroatoms. The molecule has 0 heterocycles. The predicted octanol–water partition coefficient (Wildman–Crippen LogP) is 4.72. The summed E-state index contributed by atoms with van der Waals surface area (Å²) < 4.78 is 0. The van der Waals surface area contributed by atoms with Crippen molar-refractivity contribution >= 4 is 11.6 Å². The van der Waals surface area contributed by atoms with Crippen LogP contribution < -0.4 is 0 Å². The molecule has 2 nitrogen and oxygen atoms in total. The van der Waals surface area contributed by atoms with Crippen molar-refractivity contribution in [3.63, 3.8) is 0 Å². The first-order valence-corrected chi connectivity index (χ1v) is 9.68. The highest BCUT2D eigenvalue weighted by Gasteiger charge is 2.60. The predicted molar refractivity (Wildman–Crippen MR) is 90.9 cm³/mol. The van der Waals surface area contributed by atoms with Crippen LogP contribution in [0.1, 0.15) is 72.1 Å². The summed E-state index contributed by atoms with van der Waals surface area (Å²) in [7, 11) is 0.